The third kappa shape index (κ3) is 5.24. The van der Waals surface area contributed by atoms with Gasteiger partial charge in [-0.25, -0.2) is 0 Å². The van der Waals surface area contributed by atoms with Crippen molar-refractivity contribution < 1.29 is 14.3 Å². The van der Waals surface area contributed by atoms with Gasteiger partial charge in [-0.2, -0.15) is 0 Å². The lowest BCUT2D eigenvalue weighted by Crippen LogP contribution is -2.34. The van der Waals surface area contributed by atoms with Gasteiger partial charge in [0.15, 0.2) is 0 Å². The molecule has 33 heavy (non-hydrogen) atoms. The molecule has 2 aromatic rings. The van der Waals surface area contributed by atoms with Crippen LogP contribution >= 0.6 is 35.7 Å². The largest absolute Gasteiger partial charge is 0.459 e. The zero-order valence-corrected chi connectivity index (χ0v) is 20.5. The number of thioether (sulfide) groups is 2. The number of amides is 1. The summed E-state index contributed by atoms with van der Waals surface area (Å²) in [5.41, 5.74) is 3.02. The highest BCUT2D eigenvalue weighted by molar-refractivity contribution is 8.26. The summed E-state index contributed by atoms with van der Waals surface area (Å²) < 4.78 is 5.69. The number of para-hydroxylation sites is 1. The van der Waals surface area contributed by atoms with E-state index in [4.69, 9.17) is 17.0 Å². The summed E-state index contributed by atoms with van der Waals surface area (Å²) in [5.74, 6) is -0.782. The molecule has 4 rings (SSSR count). The number of esters is 1. The maximum Gasteiger partial charge on any atom is 0.326 e. The molecule has 0 spiro atoms. The third-order valence-corrected chi connectivity index (χ3v) is 7.63. The van der Waals surface area contributed by atoms with Crippen LogP contribution in [-0.4, -0.2) is 34.2 Å². The van der Waals surface area contributed by atoms with Gasteiger partial charge in [-0.3, -0.25) is 14.5 Å². The first-order valence-electron chi connectivity index (χ1n) is 10.4. The van der Waals surface area contributed by atoms with Crippen LogP contribution in [0.4, 0.5) is 5.69 Å². The SMILES string of the molecule is C=Cc1ccc(COC(=O)CN2C(=O)C(=CC=C3Sc4ccccc4N3CC)SC2=S)cc1. The van der Waals surface area contributed by atoms with E-state index in [1.54, 1.807) is 23.9 Å². The van der Waals surface area contributed by atoms with Crippen LogP contribution in [0.3, 0.4) is 0 Å². The summed E-state index contributed by atoms with van der Waals surface area (Å²) in [6, 6.07) is 15.8. The molecule has 0 atom stereocenters. The van der Waals surface area contributed by atoms with Crippen LogP contribution in [0.5, 0.6) is 0 Å². The fraction of sp³-hybridized carbons (Fsp3) is 0.160. The van der Waals surface area contributed by atoms with Gasteiger partial charge in [0, 0.05) is 11.4 Å². The Morgan fingerprint density at radius 1 is 1.09 bits per heavy atom. The molecule has 0 bridgehead atoms. The summed E-state index contributed by atoms with van der Waals surface area (Å²) >= 11 is 8.21. The molecule has 5 nitrogen and oxygen atoms in total. The Labute approximate surface area is 207 Å². The number of ether oxygens (including phenoxy) is 1. The van der Waals surface area contributed by atoms with Gasteiger partial charge in [-0.15, -0.1) is 0 Å². The zero-order valence-electron chi connectivity index (χ0n) is 18.0. The highest BCUT2D eigenvalue weighted by Crippen LogP contribution is 2.45. The minimum atomic E-state index is -0.502. The number of hydrogen-bond donors (Lipinski definition) is 0. The molecule has 0 saturated carbocycles. The minimum Gasteiger partial charge on any atom is -0.459 e. The molecule has 168 valence electrons. The summed E-state index contributed by atoms with van der Waals surface area (Å²) in [4.78, 5) is 30.4. The standard InChI is InChI=1S/C25H22N2O3S3/c1-3-17-9-11-18(12-10-17)16-30-23(28)15-27-24(29)21(33-25(27)31)13-14-22-26(4-2)19-7-5-6-8-20(19)32-22/h3,5-14H,1,4,15-16H2,2H3. The van der Waals surface area contributed by atoms with E-state index >= 15 is 0 Å². The molecule has 0 aromatic heterocycles. The van der Waals surface area contributed by atoms with Crippen molar-refractivity contribution >= 4 is 63.7 Å². The minimum absolute atomic E-state index is 0.137. The summed E-state index contributed by atoms with van der Waals surface area (Å²) in [7, 11) is 0. The van der Waals surface area contributed by atoms with Gasteiger partial charge in [0.05, 0.1) is 15.6 Å². The lowest BCUT2D eigenvalue weighted by Gasteiger charge is -2.17. The number of anilines is 1. The number of hydrogen-bond acceptors (Lipinski definition) is 7. The van der Waals surface area contributed by atoms with Crippen molar-refractivity contribution in [3.05, 3.63) is 88.3 Å². The van der Waals surface area contributed by atoms with Crippen molar-refractivity contribution in [2.24, 2.45) is 0 Å². The molecule has 1 fully saturated rings. The second kappa shape index (κ2) is 10.4. The smallest absolute Gasteiger partial charge is 0.326 e. The Morgan fingerprint density at radius 2 is 1.85 bits per heavy atom. The first kappa shape index (κ1) is 23.4. The van der Waals surface area contributed by atoms with E-state index in [-0.39, 0.29) is 19.1 Å². The topological polar surface area (TPSA) is 49.9 Å². The van der Waals surface area contributed by atoms with Crippen LogP contribution in [0.1, 0.15) is 18.1 Å². The predicted octanol–water partition coefficient (Wildman–Crippen LogP) is 5.59. The van der Waals surface area contributed by atoms with E-state index in [1.807, 2.05) is 42.5 Å². The van der Waals surface area contributed by atoms with E-state index in [0.717, 1.165) is 22.7 Å². The number of rotatable bonds is 7. The molecule has 0 N–H and O–H groups in total. The summed E-state index contributed by atoms with van der Waals surface area (Å²) in [6.45, 7) is 6.57. The number of nitrogens with zero attached hydrogens (tertiary/aromatic N) is 2. The molecule has 0 aliphatic carbocycles. The Hall–Kier alpha value is -2.81. The molecular weight excluding hydrogens is 472 g/mol. The molecule has 2 heterocycles. The quantitative estimate of drug-likeness (QED) is 0.282. The fourth-order valence-corrected chi connectivity index (χ4v) is 5.71. The number of thiocarbonyl (C=S) groups is 1. The maximum absolute atomic E-state index is 12.9. The Kier molecular flexibility index (Phi) is 7.37. The molecule has 8 heteroatoms. The Bertz CT molecular complexity index is 1170. The molecular formula is C25H22N2O3S3. The highest BCUT2D eigenvalue weighted by atomic mass is 32.2. The van der Waals surface area contributed by atoms with Crippen LogP contribution < -0.4 is 4.90 Å². The lowest BCUT2D eigenvalue weighted by molar-refractivity contribution is -0.147. The number of fused-ring (bicyclic) bond motifs is 1. The van der Waals surface area contributed by atoms with Crippen LogP contribution in [0.15, 0.2) is 82.1 Å². The first-order chi connectivity index (χ1) is 16.0. The van der Waals surface area contributed by atoms with Gasteiger partial charge in [-0.05, 0) is 42.3 Å². The fourth-order valence-electron chi connectivity index (χ4n) is 3.39. The van der Waals surface area contributed by atoms with E-state index in [9.17, 15) is 9.59 Å². The van der Waals surface area contributed by atoms with Crippen molar-refractivity contribution in [2.45, 2.75) is 18.4 Å². The average molecular weight is 495 g/mol. The van der Waals surface area contributed by atoms with Crippen LogP contribution in [-0.2, 0) is 20.9 Å². The van der Waals surface area contributed by atoms with E-state index < -0.39 is 5.97 Å². The first-order valence-corrected chi connectivity index (χ1v) is 12.4. The van der Waals surface area contributed by atoms with Crippen molar-refractivity contribution in [3.8, 4) is 0 Å². The number of allylic oxidation sites excluding steroid dienone is 2. The van der Waals surface area contributed by atoms with Crippen molar-refractivity contribution in [2.75, 3.05) is 18.0 Å². The summed E-state index contributed by atoms with van der Waals surface area (Å²) in [6.07, 6.45) is 5.47. The molecule has 2 aliphatic heterocycles. The van der Waals surface area contributed by atoms with Crippen LogP contribution in [0, 0.1) is 0 Å². The number of carbonyl (C=O) groups excluding carboxylic acids is 2. The monoisotopic (exact) mass is 494 g/mol. The second-order valence-corrected chi connectivity index (χ2v) is 9.95. The normalized spacial score (nSPS) is 17.7. The van der Waals surface area contributed by atoms with Gasteiger partial charge in [0.1, 0.15) is 17.5 Å². The van der Waals surface area contributed by atoms with Crippen molar-refractivity contribution in [1.82, 2.24) is 4.90 Å². The molecule has 0 radical (unpaired) electrons. The van der Waals surface area contributed by atoms with Gasteiger partial charge in [0.2, 0.25) is 0 Å². The zero-order chi connectivity index (χ0) is 23.4. The third-order valence-electron chi connectivity index (χ3n) is 5.11. The molecule has 1 saturated heterocycles. The van der Waals surface area contributed by atoms with E-state index in [1.165, 1.54) is 27.2 Å². The van der Waals surface area contributed by atoms with Crippen molar-refractivity contribution in [3.63, 3.8) is 0 Å². The van der Waals surface area contributed by atoms with E-state index in [2.05, 4.69) is 30.5 Å². The molecule has 0 unspecified atom stereocenters. The highest BCUT2D eigenvalue weighted by Gasteiger charge is 2.34. The Morgan fingerprint density at radius 3 is 2.58 bits per heavy atom. The van der Waals surface area contributed by atoms with Crippen LogP contribution in [0.25, 0.3) is 6.08 Å². The second-order valence-electron chi connectivity index (χ2n) is 7.22. The van der Waals surface area contributed by atoms with Gasteiger partial charge in [0.25, 0.3) is 5.91 Å². The maximum atomic E-state index is 12.9. The van der Waals surface area contributed by atoms with Crippen molar-refractivity contribution in [1.29, 1.82) is 0 Å². The molecule has 1 amide bonds. The lowest BCUT2D eigenvalue weighted by atomic mass is 10.1. The van der Waals surface area contributed by atoms with Gasteiger partial charge in [-0.1, -0.05) is 84.8 Å². The molecule has 2 aromatic carbocycles. The number of benzene rings is 2. The van der Waals surface area contributed by atoms with Crippen LogP contribution in [0.2, 0.25) is 0 Å². The Balaban J connectivity index is 1.38. The predicted molar refractivity (Wildman–Crippen MR) is 140 cm³/mol. The number of carbonyl (C=O) groups is 2. The average Bonchev–Trinajstić information content (AvgIpc) is 3.33. The van der Waals surface area contributed by atoms with Gasteiger partial charge >= 0.3 is 5.97 Å². The summed E-state index contributed by atoms with van der Waals surface area (Å²) in [5, 5.41) is 1.05. The van der Waals surface area contributed by atoms with E-state index in [0.29, 0.717) is 9.23 Å². The molecule has 2 aliphatic rings. The van der Waals surface area contributed by atoms with Gasteiger partial charge < -0.3 is 9.64 Å².